The van der Waals surface area contributed by atoms with Crippen LogP contribution in [0.3, 0.4) is 0 Å². The molecule has 0 atom stereocenters. The second-order valence-corrected chi connectivity index (χ2v) is 11.3. The molecule has 0 radical (unpaired) electrons. The van der Waals surface area contributed by atoms with E-state index in [1.165, 1.54) is 50.7 Å². The Bertz CT molecular complexity index is 1100. The average molecular weight is 684 g/mol. The number of nitrogens with one attached hydrogen (secondary N) is 1. The Hall–Kier alpha value is -4.24. The van der Waals surface area contributed by atoms with Gasteiger partial charge in [0.05, 0.1) is 0 Å². The molecule has 5 rings (SSSR count). The van der Waals surface area contributed by atoms with Gasteiger partial charge in [-0.2, -0.15) is 0 Å². The predicted molar refractivity (Wildman–Crippen MR) is 180 cm³/mol. The highest BCUT2D eigenvalue weighted by molar-refractivity contribution is 6.13. The summed E-state index contributed by atoms with van der Waals surface area (Å²) in [5.41, 5.74) is 0. The van der Waals surface area contributed by atoms with Gasteiger partial charge >= 0.3 is 5.97 Å². The van der Waals surface area contributed by atoms with Gasteiger partial charge in [-0.15, -0.1) is 5.06 Å². The largest absolute Gasteiger partial charge is 0.412 e. The molecule has 0 aromatic heterocycles. The maximum atomic E-state index is 11.5. The topological polar surface area (TPSA) is 234 Å². The lowest BCUT2D eigenvalue weighted by atomic mass is 9.88. The molecule has 274 valence electrons. The van der Waals surface area contributed by atoms with Crippen LogP contribution in [-0.4, -0.2) is 87.8 Å². The Labute approximate surface area is 284 Å². The molecule has 2 saturated carbocycles. The van der Waals surface area contributed by atoms with Crippen LogP contribution in [-0.2, 0) is 43.2 Å². The van der Waals surface area contributed by atoms with Gasteiger partial charge in [0, 0.05) is 70.1 Å². The van der Waals surface area contributed by atoms with Crippen LogP contribution in [0.25, 0.3) is 0 Å². The van der Waals surface area contributed by atoms with Gasteiger partial charge in [0.1, 0.15) is 0 Å². The van der Waals surface area contributed by atoms with Gasteiger partial charge in [-0.1, -0.05) is 67.2 Å². The number of imide groups is 3. The van der Waals surface area contributed by atoms with Gasteiger partial charge in [-0.05, 0) is 24.7 Å². The normalized spacial score (nSPS) is 17.4. The minimum absolute atomic E-state index is 0. The molecule has 7 amide bonds. The molecule has 1 saturated heterocycles. The first kappa shape index (κ1) is 48.2. The fourth-order valence-electron chi connectivity index (χ4n) is 4.24. The van der Waals surface area contributed by atoms with E-state index in [2.05, 4.69) is 24.0 Å². The first-order valence-corrected chi connectivity index (χ1v) is 15.3. The van der Waals surface area contributed by atoms with E-state index in [1.807, 2.05) is 0 Å². The van der Waals surface area contributed by atoms with Crippen molar-refractivity contribution >= 4 is 47.3 Å². The summed E-state index contributed by atoms with van der Waals surface area (Å²) >= 11 is 0. The quantitative estimate of drug-likeness (QED) is 0.337. The van der Waals surface area contributed by atoms with E-state index in [4.69, 9.17) is 0 Å². The third-order valence-corrected chi connectivity index (χ3v) is 7.61. The zero-order chi connectivity index (χ0) is 32.6. The summed E-state index contributed by atoms with van der Waals surface area (Å²) in [5, 5.41) is 2.94. The first-order valence-electron chi connectivity index (χ1n) is 15.3. The summed E-state index contributed by atoms with van der Waals surface area (Å²) in [5.74, 6) is -1.24. The van der Waals surface area contributed by atoms with Gasteiger partial charge in [0.15, 0.2) is 0 Å². The fourth-order valence-corrected chi connectivity index (χ4v) is 4.24. The standard InChI is InChI=1S/C12H12N2O6.C9H12N2O3.2C5H10.2CH4.H3N.H2O/c15-8-3-4-9(16)13(8)7-1-2-12(19)20-14-10(17)5-6-11(14)18;1-10-7(12)3-2-6-11-8(13)4-5-9(11)14;2*1-5-3-2-4-5;;;;/h3-4H,1-2,5-7H2;4-5H,2-3,6H2,1H3,(H,10,12);2*5H,2-4H2,1H3;2*1H4;1H3;1H2. The molecular formula is C33H57N5O10. The summed E-state index contributed by atoms with van der Waals surface area (Å²) in [6.45, 7) is 5.01. The molecule has 2 aliphatic carbocycles. The van der Waals surface area contributed by atoms with Gasteiger partial charge in [0.2, 0.25) is 5.91 Å². The van der Waals surface area contributed by atoms with Crippen molar-refractivity contribution in [1.29, 1.82) is 0 Å². The zero-order valence-electron chi connectivity index (χ0n) is 27.1. The van der Waals surface area contributed by atoms with Crippen LogP contribution in [0.5, 0.6) is 0 Å². The fraction of sp³-hybridized carbons (Fsp3) is 0.636. The number of rotatable bonds is 9. The molecule has 15 heteroatoms. The van der Waals surface area contributed by atoms with Crippen LogP contribution in [0, 0.1) is 11.8 Å². The SMILES string of the molecule is C.C.CC1CCC1.CC1CCC1.CNC(=O)CCCN1C(=O)C=CC1=O.N.O.O=C(CCCN1C(=O)C=CC1=O)ON1C(=O)CCC1=O. The van der Waals surface area contributed by atoms with E-state index in [0.717, 1.165) is 33.8 Å². The van der Waals surface area contributed by atoms with Crippen molar-refractivity contribution in [1.82, 2.24) is 26.3 Å². The lowest BCUT2D eigenvalue weighted by molar-refractivity contribution is -0.197. The van der Waals surface area contributed by atoms with Crippen LogP contribution in [0.1, 0.15) is 106 Å². The van der Waals surface area contributed by atoms with Crippen molar-refractivity contribution in [2.24, 2.45) is 11.8 Å². The molecule has 0 aromatic carbocycles. The van der Waals surface area contributed by atoms with Crippen molar-refractivity contribution in [2.75, 3.05) is 20.1 Å². The smallest absolute Gasteiger partial charge is 0.333 e. The van der Waals surface area contributed by atoms with E-state index in [-0.39, 0.29) is 76.4 Å². The minimum Gasteiger partial charge on any atom is -0.412 e. The highest BCUT2D eigenvalue weighted by Crippen LogP contribution is 2.25. The van der Waals surface area contributed by atoms with Gasteiger partial charge in [-0.3, -0.25) is 43.4 Å². The maximum Gasteiger partial charge on any atom is 0.333 e. The van der Waals surface area contributed by atoms with Crippen molar-refractivity contribution in [3.8, 4) is 0 Å². The van der Waals surface area contributed by atoms with E-state index in [9.17, 15) is 38.4 Å². The van der Waals surface area contributed by atoms with Crippen LogP contribution >= 0.6 is 0 Å². The summed E-state index contributed by atoms with van der Waals surface area (Å²) in [4.78, 5) is 96.0. The van der Waals surface area contributed by atoms with Gasteiger partial charge < -0.3 is 21.8 Å². The Kier molecular flexibility index (Phi) is 25.0. The first-order chi connectivity index (χ1) is 20.9. The van der Waals surface area contributed by atoms with Crippen molar-refractivity contribution in [2.45, 2.75) is 106 Å². The molecule has 0 aromatic rings. The Morgan fingerprint density at radius 1 is 0.708 bits per heavy atom. The number of carbonyl (C=O) groups excluding carboxylic acids is 8. The van der Waals surface area contributed by atoms with Crippen LogP contribution in [0.15, 0.2) is 24.3 Å². The van der Waals surface area contributed by atoms with E-state index >= 15 is 0 Å². The number of carbonyl (C=O) groups is 8. The molecule has 3 heterocycles. The Balaban J connectivity index is -0.000000627. The number of amides is 7. The van der Waals surface area contributed by atoms with Crippen LogP contribution < -0.4 is 11.5 Å². The molecule has 0 bridgehead atoms. The van der Waals surface area contributed by atoms with E-state index < -0.39 is 29.6 Å². The number of hydroxylamine groups is 2. The third-order valence-electron chi connectivity index (χ3n) is 7.61. The molecular weight excluding hydrogens is 626 g/mol. The predicted octanol–water partition coefficient (Wildman–Crippen LogP) is 2.96. The summed E-state index contributed by atoms with van der Waals surface area (Å²) in [7, 11) is 1.55. The molecule has 3 fully saturated rings. The van der Waals surface area contributed by atoms with Crippen LogP contribution in [0.2, 0.25) is 0 Å². The van der Waals surface area contributed by atoms with Crippen LogP contribution in [0.4, 0.5) is 0 Å². The van der Waals surface area contributed by atoms with E-state index in [0.29, 0.717) is 24.4 Å². The van der Waals surface area contributed by atoms with Gasteiger partial charge in [-0.25, -0.2) is 4.79 Å². The second kappa shape index (κ2) is 24.9. The zero-order valence-corrected chi connectivity index (χ0v) is 27.1. The molecule has 0 unspecified atom stereocenters. The van der Waals surface area contributed by atoms with E-state index in [1.54, 1.807) is 7.05 Å². The number of hydrogen-bond donors (Lipinski definition) is 2. The summed E-state index contributed by atoms with van der Waals surface area (Å²) < 4.78 is 0. The molecule has 3 aliphatic heterocycles. The molecule has 48 heavy (non-hydrogen) atoms. The summed E-state index contributed by atoms with van der Waals surface area (Å²) in [6, 6.07) is 0. The lowest BCUT2D eigenvalue weighted by Gasteiger charge is -2.18. The summed E-state index contributed by atoms with van der Waals surface area (Å²) in [6.07, 6.45) is 14.7. The molecule has 15 nitrogen and oxygen atoms in total. The Morgan fingerprint density at radius 3 is 1.33 bits per heavy atom. The minimum atomic E-state index is -0.749. The van der Waals surface area contributed by atoms with Crippen molar-refractivity contribution < 1.29 is 48.7 Å². The van der Waals surface area contributed by atoms with Crippen molar-refractivity contribution in [3.63, 3.8) is 0 Å². The molecule has 5 aliphatic rings. The monoisotopic (exact) mass is 683 g/mol. The average Bonchev–Trinajstić information content (AvgIpc) is 3.58. The number of nitrogens with zero attached hydrogens (tertiary/aromatic N) is 3. The highest BCUT2D eigenvalue weighted by Gasteiger charge is 2.33. The Morgan fingerprint density at radius 2 is 1.04 bits per heavy atom. The lowest BCUT2D eigenvalue weighted by Crippen LogP contribution is -2.33. The third kappa shape index (κ3) is 16.5. The maximum absolute atomic E-state index is 11.5. The number of hydrogen-bond acceptors (Lipinski definition) is 10. The second-order valence-electron chi connectivity index (χ2n) is 11.3. The molecule has 0 spiro atoms. The highest BCUT2D eigenvalue weighted by atomic mass is 16.7. The van der Waals surface area contributed by atoms with Crippen molar-refractivity contribution in [3.05, 3.63) is 24.3 Å². The molecule has 6 N–H and O–H groups in total. The van der Waals surface area contributed by atoms with Gasteiger partial charge in [0.25, 0.3) is 35.4 Å².